The number of Topliss-reactive ketones (excluding diaryl/α,β-unsaturated/α-hetero) is 3. The van der Waals surface area contributed by atoms with Gasteiger partial charge in [-0.15, -0.1) is 0 Å². The van der Waals surface area contributed by atoms with Crippen molar-refractivity contribution in [3.8, 4) is 0 Å². The molecule has 1 aliphatic heterocycles. The molecule has 3 aromatic rings. The molecule has 0 radical (unpaired) electrons. The maximum atomic E-state index is 14.0. The molecule has 0 spiro atoms. The van der Waals surface area contributed by atoms with Crippen molar-refractivity contribution in [1.82, 2.24) is 5.32 Å². The predicted molar refractivity (Wildman–Crippen MR) is 178 cm³/mol. The van der Waals surface area contributed by atoms with Gasteiger partial charge in [-0.25, -0.2) is 0 Å². The maximum Gasteiger partial charge on any atom is 0.306 e. The van der Waals surface area contributed by atoms with Crippen molar-refractivity contribution in [2.45, 2.75) is 70.9 Å². The van der Waals surface area contributed by atoms with E-state index in [-0.39, 0.29) is 44.0 Å². The highest BCUT2D eigenvalue weighted by molar-refractivity contribution is 6.38. The molecule has 47 heavy (non-hydrogen) atoms. The molecule has 1 unspecified atom stereocenters. The number of ether oxygens (including phenoxy) is 2. The van der Waals surface area contributed by atoms with Crippen molar-refractivity contribution in [2.24, 2.45) is 17.8 Å². The van der Waals surface area contributed by atoms with Crippen LogP contribution in [0.15, 0.2) is 91.0 Å². The largest absolute Gasteiger partial charge is 0.461 e. The number of amides is 1. The average Bonchev–Trinajstić information content (AvgIpc) is 3.10. The molecule has 0 bridgehead atoms. The molecule has 248 valence electrons. The van der Waals surface area contributed by atoms with Crippen molar-refractivity contribution in [1.29, 1.82) is 0 Å². The van der Waals surface area contributed by atoms with Crippen LogP contribution in [0.4, 0.5) is 0 Å². The van der Waals surface area contributed by atoms with Gasteiger partial charge in [-0.05, 0) is 54.7 Å². The first-order chi connectivity index (χ1) is 22.8. The van der Waals surface area contributed by atoms with E-state index in [4.69, 9.17) is 9.47 Å². The summed E-state index contributed by atoms with van der Waals surface area (Å²) in [4.78, 5) is 66.5. The molecule has 1 aliphatic rings. The van der Waals surface area contributed by atoms with Gasteiger partial charge in [-0.1, -0.05) is 97.9 Å². The van der Waals surface area contributed by atoms with Crippen LogP contribution in [0.2, 0.25) is 0 Å². The Kier molecular flexibility index (Phi) is 14.1. The molecule has 3 atom stereocenters. The molecule has 1 fully saturated rings. The molecule has 0 aliphatic carbocycles. The van der Waals surface area contributed by atoms with Gasteiger partial charge in [0.15, 0.2) is 11.6 Å². The molecule has 1 saturated heterocycles. The van der Waals surface area contributed by atoms with Crippen molar-refractivity contribution < 1.29 is 33.4 Å². The van der Waals surface area contributed by atoms with E-state index in [0.717, 1.165) is 29.5 Å². The van der Waals surface area contributed by atoms with Crippen molar-refractivity contribution in [2.75, 3.05) is 13.2 Å². The molecule has 8 nitrogen and oxygen atoms in total. The molecule has 8 heteroatoms. The number of nitrogens with one attached hydrogen (secondary N) is 1. The van der Waals surface area contributed by atoms with Crippen molar-refractivity contribution in [3.63, 3.8) is 0 Å². The smallest absolute Gasteiger partial charge is 0.306 e. The Balaban J connectivity index is 1.43. The summed E-state index contributed by atoms with van der Waals surface area (Å²) in [5, 5.41) is 2.89. The van der Waals surface area contributed by atoms with Crippen LogP contribution in [-0.2, 0) is 52.9 Å². The quantitative estimate of drug-likeness (QED) is 0.141. The molecule has 1 heterocycles. The minimum absolute atomic E-state index is 0.0580. The van der Waals surface area contributed by atoms with E-state index >= 15 is 0 Å². The van der Waals surface area contributed by atoms with Crippen LogP contribution >= 0.6 is 0 Å². The highest BCUT2D eigenvalue weighted by Crippen LogP contribution is 2.24. The van der Waals surface area contributed by atoms with Crippen LogP contribution in [0, 0.1) is 17.8 Å². The summed E-state index contributed by atoms with van der Waals surface area (Å²) in [6.45, 7) is 2.89. The lowest BCUT2D eigenvalue weighted by molar-refractivity contribution is -0.148. The number of hydrogen-bond donors (Lipinski definition) is 1. The molecule has 0 aromatic heterocycles. The minimum Gasteiger partial charge on any atom is -0.461 e. The zero-order valence-corrected chi connectivity index (χ0v) is 27.1. The number of esters is 1. The fourth-order valence-electron chi connectivity index (χ4n) is 5.83. The highest BCUT2D eigenvalue weighted by atomic mass is 16.5. The fraction of sp³-hybridized carbons (Fsp3) is 0.410. The fourth-order valence-corrected chi connectivity index (χ4v) is 5.83. The second-order valence-electron chi connectivity index (χ2n) is 12.4. The number of hydrogen-bond acceptors (Lipinski definition) is 7. The second-order valence-corrected chi connectivity index (χ2v) is 12.4. The molecule has 4 rings (SSSR count). The summed E-state index contributed by atoms with van der Waals surface area (Å²) in [6.07, 6.45) is 2.33. The molecule has 3 aromatic carbocycles. The van der Waals surface area contributed by atoms with E-state index in [1.165, 1.54) is 0 Å². The van der Waals surface area contributed by atoms with Gasteiger partial charge in [-0.3, -0.25) is 24.0 Å². The minimum atomic E-state index is -0.862. The first-order valence-electron chi connectivity index (χ1n) is 16.5. The first-order valence-corrected chi connectivity index (χ1v) is 16.5. The number of aryl methyl sites for hydroxylation is 1. The summed E-state index contributed by atoms with van der Waals surface area (Å²) in [5.74, 6) is -3.74. The summed E-state index contributed by atoms with van der Waals surface area (Å²) in [5.41, 5.74) is 2.65. The third-order valence-corrected chi connectivity index (χ3v) is 8.68. The number of carbonyl (C=O) groups excluding carboxylic acids is 5. The number of ketones is 3. The predicted octanol–water partition coefficient (Wildman–Crippen LogP) is 5.65. The Morgan fingerprint density at radius 1 is 0.787 bits per heavy atom. The molecular weight excluding hydrogens is 594 g/mol. The van der Waals surface area contributed by atoms with E-state index in [0.29, 0.717) is 26.1 Å². The summed E-state index contributed by atoms with van der Waals surface area (Å²) < 4.78 is 10.9. The number of benzene rings is 3. The van der Waals surface area contributed by atoms with Crippen LogP contribution < -0.4 is 5.32 Å². The molecule has 1 amide bonds. The van der Waals surface area contributed by atoms with E-state index in [2.05, 4.69) is 5.32 Å². The Morgan fingerprint density at radius 3 is 1.98 bits per heavy atom. The third kappa shape index (κ3) is 12.0. The summed E-state index contributed by atoms with van der Waals surface area (Å²) in [6, 6.07) is 27.3. The van der Waals surface area contributed by atoms with Gasteiger partial charge in [0.1, 0.15) is 6.61 Å². The normalized spacial score (nSPS) is 15.2. The average molecular weight is 640 g/mol. The maximum absolute atomic E-state index is 14.0. The van der Waals surface area contributed by atoms with E-state index in [1.807, 2.05) is 91.0 Å². The van der Waals surface area contributed by atoms with Crippen LogP contribution in [0.1, 0.15) is 62.1 Å². The molecule has 0 saturated carbocycles. The van der Waals surface area contributed by atoms with Crippen LogP contribution in [0.5, 0.6) is 0 Å². The second kappa shape index (κ2) is 18.6. The Hall–Kier alpha value is -4.43. The van der Waals surface area contributed by atoms with Gasteiger partial charge in [-0.2, -0.15) is 0 Å². The van der Waals surface area contributed by atoms with E-state index in [1.54, 1.807) is 6.92 Å². The summed E-state index contributed by atoms with van der Waals surface area (Å²) in [7, 11) is 0. The zero-order chi connectivity index (χ0) is 33.4. The van der Waals surface area contributed by atoms with Gasteiger partial charge >= 0.3 is 5.97 Å². The van der Waals surface area contributed by atoms with Gasteiger partial charge in [0.25, 0.3) is 0 Å². The highest BCUT2D eigenvalue weighted by Gasteiger charge is 2.33. The van der Waals surface area contributed by atoms with Crippen molar-refractivity contribution >= 4 is 29.2 Å². The standard InChI is InChI=1S/C39H45NO7/c1-28(23-37(43)47-27-32-15-9-4-10-16-32)39(45)40-34(25-31-19-21-46-22-20-31)36(42)26-33(24-30-13-7-3-8-14-30)38(44)35(41)18-17-29-11-5-2-6-12-29/h2-16,28,31,33-34H,17-27H2,1H3,(H,40,45)/t28-,33-,34?/m1/s1. The lowest BCUT2D eigenvalue weighted by Crippen LogP contribution is -2.46. The SMILES string of the molecule is C[C@H](CC(=O)OCc1ccccc1)C(=O)NC(CC1CCOCC1)C(=O)C[C@@H](Cc1ccccc1)C(=O)C(=O)CCc1ccccc1. The van der Waals surface area contributed by atoms with E-state index < -0.39 is 41.3 Å². The number of carbonyl (C=O) groups is 5. The van der Waals surface area contributed by atoms with Gasteiger partial charge in [0.2, 0.25) is 11.7 Å². The lowest BCUT2D eigenvalue weighted by atomic mass is 9.83. The third-order valence-electron chi connectivity index (χ3n) is 8.68. The van der Waals surface area contributed by atoms with Crippen LogP contribution in [0.3, 0.4) is 0 Å². The molecule has 1 N–H and O–H groups in total. The number of rotatable bonds is 18. The lowest BCUT2D eigenvalue weighted by Gasteiger charge is -2.28. The Bertz CT molecular complexity index is 1450. The van der Waals surface area contributed by atoms with Gasteiger partial charge in [0.05, 0.1) is 12.5 Å². The van der Waals surface area contributed by atoms with Crippen LogP contribution in [0.25, 0.3) is 0 Å². The Labute approximate surface area is 277 Å². The molecular formula is C39H45NO7. The summed E-state index contributed by atoms with van der Waals surface area (Å²) >= 11 is 0. The zero-order valence-electron chi connectivity index (χ0n) is 27.1. The van der Waals surface area contributed by atoms with Crippen LogP contribution in [-0.4, -0.2) is 48.5 Å². The Morgan fingerprint density at radius 2 is 1.36 bits per heavy atom. The van der Waals surface area contributed by atoms with Crippen molar-refractivity contribution in [3.05, 3.63) is 108 Å². The topological polar surface area (TPSA) is 116 Å². The van der Waals surface area contributed by atoms with E-state index in [9.17, 15) is 24.0 Å². The van der Waals surface area contributed by atoms with Gasteiger partial charge < -0.3 is 14.8 Å². The monoisotopic (exact) mass is 639 g/mol. The first kappa shape index (κ1) is 35.4. The van der Waals surface area contributed by atoms with Gasteiger partial charge in [0, 0.05) is 37.9 Å².